The van der Waals surface area contributed by atoms with Gasteiger partial charge in [-0.25, -0.2) is 0 Å². The van der Waals surface area contributed by atoms with Gasteiger partial charge in [-0.1, -0.05) is 8.39 Å². The summed E-state index contributed by atoms with van der Waals surface area (Å²) in [5.74, 6) is 0. The summed E-state index contributed by atoms with van der Waals surface area (Å²) in [6.07, 6.45) is 0. The Morgan fingerprint density at radius 1 is 2.50 bits per heavy atom. The minimum absolute atomic E-state index is 0.0367. The van der Waals surface area contributed by atoms with Gasteiger partial charge >= 0.3 is 0 Å². The highest BCUT2D eigenvalue weighted by atomic mass is 32.7. The van der Waals surface area contributed by atoms with Gasteiger partial charge < -0.3 is 0 Å². The first kappa shape index (κ1) is 2.50. The van der Waals surface area contributed by atoms with Crippen LogP contribution >= 0.6 is 19.8 Å². The highest BCUT2D eigenvalue weighted by Crippen LogP contribution is 2.04. The maximum absolute atomic E-state index is 7.67. The Balaban J connectivity index is 2.48. The molecule has 1 nitrogen and oxygen atoms in total. The van der Waals surface area contributed by atoms with E-state index in [2.05, 4.69) is 0 Å². The molecule has 0 aromatic carbocycles. The van der Waals surface area contributed by atoms with E-state index in [1.165, 1.54) is 0 Å². The lowest BCUT2D eigenvalue weighted by Gasteiger charge is -1.47. The fourth-order valence-corrected chi connectivity index (χ4v) is 0. The molecule has 0 aliphatic carbocycles. The molecule has 3 heteroatoms. The van der Waals surface area contributed by atoms with Crippen LogP contribution < -0.4 is 0 Å². The fraction of sp³-hybridized carbons (Fsp3) is 0. The highest BCUT2D eigenvalue weighted by molar-refractivity contribution is 8.46. The first-order valence-electron chi connectivity index (χ1n) is 1.13. The molecule has 0 saturated heterocycles. The third-order valence-electron chi connectivity index (χ3n) is 0.0456. The molecule has 1 unspecified atom stereocenters. The van der Waals surface area contributed by atoms with Crippen LogP contribution in [0.25, 0.3) is 0 Å². The van der Waals surface area contributed by atoms with E-state index in [0.29, 0.717) is 0 Å². The summed E-state index contributed by atoms with van der Waals surface area (Å²) < 4.78 is 6.37. The maximum Gasteiger partial charge on any atom is 0.137 e. The van der Waals surface area contributed by atoms with E-state index in [0.717, 1.165) is 11.4 Å². The average Bonchev–Trinajstić information content (AvgIpc) is 1.41. The van der Waals surface area contributed by atoms with Crippen LogP contribution in [0.3, 0.4) is 0 Å². The molecule has 0 amide bonds. The topological polar surface area (TPSA) is 23.8 Å². The molecule has 0 rings (SSSR count). The van der Waals surface area contributed by atoms with E-state index in [1.807, 2.05) is 0 Å². The molecule has 0 aromatic heterocycles. The van der Waals surface area contributed by atoms with Crippen LogP contribution in [0.1, 0.15) is 0 Å². The van der Waals surface area contributed by atoms with Crippen LogP contribution in [-0.2, 0) is 0 Å². The average molecular weight is 93.1 g/mol. The summed E-state index contributed by atoms with van der Waals surface area (Å²) in [6.45, 7) is 0. The Bertz CT molecular complexity index is 50.1. The molecule has 0 fully saturated rings. The molecule has 1 atom stereocenters. The zero-order valence-corrected chi connectivity index (χ0v) is 3.67. The Morgan fingerprint density at radius 3 is 3.25 bits per heavy atom. The molecule has 0 spiro atoms. The van der Waals surface area contributed by atoms with Crippen molar-refractivity contribution in [2.75, 3.05) is 0 Å². The Kier molecular flexibility index (Phi) is 2.05. The van der Waals surface area contributed by atoms with E-state index in [4.69, 9.17) is 6.54 Å². The second-order valence-electron chi connectivity index (χ2n) is 0.193. The second kappa shape index (κ2) is 3.27. The lowest BCUT2D eigenvalue weighted by atomic mass is 11.8. The quantitative estimate of drug-likeness (QED) is 0.356. The number of hydrogen-bond donors (Lipinski definition) is 0. The van der Waals surface area contributed by atoms with Gasteiger partial charge in [-0.3, -0.25) is 0 Å². The highest BCUT2D eigenvalue weighted by Gasteiger charge is 1.49. The third-order valence-corrected chi connectivity index (χ3v) is 0.411. The van der Waals surface area contributed by atoms with Crippen molar-refractivity contribution < 1.29 is 0 Å². The number of nitrogens with zero attached hydrogens (tertiary/aromatic N) is 1. The molecule has 4 heavy (non-hydrogen) atoms. The molecule has 0 N–H and O–H groups in total. The summed E-state index contributed by atoms with van der Waals surface area (Å²) in [5, 5.41) is 9.43. The van der Waals surface area contributed by atoms with Crippen molar-refractivity contribution in [2.45, 2.75) is 0 Å². The van der Waals surface area contributed by atoms with Crippen molar-refractivity contribution in [1.82, 2.24) is 0 Å². The van der Waals surface area contributed by atoms with Crippen molar-refractivity contribution in [3.63, 3.8) is 0 Å². The van der Waals surface area contributed by atoms with Crippen molar-refractivity contribution >= 4 is 19.8 Å². The van der Waals surface area contributed by atoms with Crippen molar-refractivity contribution in [1.29, 1.82) is 6.54 Å². The molecule has 0 saturated carbocycles. The van der Waals surface area contributed by atoms with Crippen LogP contribution in [0.15, 0.2) is 0 Å². The summed E-state index contributed by atoms with van der Waals surface area (Å²) >= 11 is 0.963. The molecule has 22 valence electrons. The number of thiocyanates is 1. The molecule has 0 bridgehead atoms. The predicted octanol–water partition coefficient (Wildman–Crippen LogP) is 0.991. The summed E-state index contributed by atoms with van der Waals surface area (Å²) in [7, 11) is -0.0367. The van der Waals surface area contributed by atoms with E-state index in [9.17, 15) is 0 Å². The molecule has 0 aliphatic rings. The number of nitriles is 1. The van der Waals surface area contributed by atoms with E-state index in [-0.39, 0.29) is 8.39 Å². The van der Waals surface area contributed by atoms with Gasteiger partial charge in [0.15, 0.2) is 0 Å². The molecule has 0 radical (unpaired) electrons. The third kappa shape index (κ3) is 2.27. The predicted molar refractivity (Wildman–Crippen MR) is 22.9 cm³/mol. The number of rotatable bonds is 1. The monoisotopic (exact) mass is 93.0 g/mol. The lowest BCUT2D eigenvalue weighted by Crippen LogP contribution is -1.10. The SMILES string of the molecule is [3H]PSC#N. The Labute approximate surface area is 32.6 Å². The minimum Gasteiger partial charge on any atom is -0.185 e. The standard InChI is InChI=1S/CH2NPS/c2-1-4-3/h3H2/i3T. The van der Waals surface area contributed by atoms with Gasteiger partial charge in [0, 0.05) is 0 Å². The van der Waals surface area contributed by atoms with Crippen molar-refractivity contribution in [2.24, 2.45) is 0 Å². The zero-order chi connectivity index (χ0) is 4.12. The first-order valence-corrected chi connectivity index (χ1v) is 2.67. The van der Waals surface area contributed by atoms with Crippen LogP contribution in [0.5, 0.6) is 0 Å². The van der Waals surface area contributed by atoms with E-state index in [1.54, 1.807) is 5.40 Å². The van der Waals surface area contributed by atoms with Crippen LogP contribution in [-0.4, -0.2) is 1.28 Å². The summed E-state index contributed by atoms with van der Waals surface area (Å²) in [4.78, 5) is 0. The van der Waals surface area contributed by atoms with Gasteiger partial charge in [0.2, 0.25) is 0 Å². The zero-order valence-electron chi connectivity index (χ0n) is 2.86. The Hall–Kier alpha value is 0.270. The molecular weight excluding hydrogens is 89.1 g/mol. The molecular formula is CH2NPS. The second-order valence-corrected chi connectivity index (χ2v) is 1.19. The van der Waals surface area contributed by atoms with Gasteiger partial charge in [-0.05, 0) is 11.4 Å². The van der Waals surface area contributed by atoms with Gasteiger partial charge in [-0.2, -0.15) is 5.26 Å². The van der Waals surface area contributed by atoms with Crippen molar-refractivity contribution in [3.8, 4) is 5.40 Å². The van der Waals surface area contributed by atoms with Gasteiger partial charge in [0.1, 0.15) is 5.40 Å². The molecule has 0 heterocycles. The maximum atomic E-state index is 7.67. The smallest absolute Gasteiger partial charge is 0.137 e. The van der Waals surface area contributed by atoms with Gasteiger partial charge in [0.25, 0.3) is 0 Å². The molecule has 0 aliphatic heterocycles. The van der Waals surface area contributed by atoms with Crippen LogP contribution in [0.4, 0.5) is 0 Å². The number of hydrogen-bond acceptors (Lipinski definition) is 2. The Morgan fingerprint density at radius 2 is 3.25 bits per heavy atom. The van der Waals surface area contributed by atoms with Gasteiger partial charge in [0.05, 0.1) is 1.28 Å². The lowest BCUT2D eigenvalue weighted by molar-refractivity contribution is 1.57. The first-order chi connectivity index (χ1) is 2.41. The van der Waals surface area contributed by atoms with E-state index >= 15 is 0 Å². The van der Waals surface area contributed by atoms with Crippen molar-refractivity contribution in [3.05, 3.63) is 0 Å². The van der Waals surface area contributed by atoms with Crippen LogP contribution in [0, 0.1) is 10.7 Å². The van der Waals surface area contributed by atoms with Gasteiger partial charge in [-0.15, -0.1) is 0 Å². The van der Waals surface area contributed by atoms with E-state index < -0.39 is 0 Å². The largest absolute Gasteiger partial charge is 0.185 e. The summed E-state index contributed by atoms with van der Waals surface area (Å²) in [6, 6.07) is 0. The normalized spacial score (nSPS) is 11.2. The van der Waals surface area contributed by atoms with Crippen LogP contribution in [0.2, 0.25) is 0 Å². The summed E-state index contributed by atoms with van der Waals surface area (Å²) in [5.41, 5.74) is 0. The minimum atomic E-state index is -0.0367. The fourth-order valence-electron chi connectivity index (χ4n) is 0. The molecule has 0 aromatic rings.